The van der Waals surface area contributed by atoms with Gasteiger partial charge in [0.1, 0.15) is 17.5 Å². The van der Waals surface area contributed by atoms with Gasteiger partial charge in [-0.3, -0.25) is 19.0 Å². The van der Waals surface area contributed by atoms with E-state index in [1.54, 1.807) is 53.1 Å². The van der Waals surface area contributed by atoms with Gasteiger partial charge < -0.3 is 14.3 Å². The molecule has 8 nitrogen and oxygen atoms in total. The zero-order chi connectivity index (χ0) is 21.0. The number of nitrogens with zero attached hydrogens (tertiary/aromatic N) is 4. The number of pyridine rings is 1. The maximum Gasteiger partial charge on any atom is 0.272 e. The number of carbonyl (C=O) groups excluding carboxylic acids is 2. The first kappa shape index (κ1) is 18.6. The largest absolute Gasteiger partial charge is 0.364 e. The lowest BCUT2D eigenvalue weighted by Crippen LogP contribution is -2.61. The van der Waals surface area contributed by atoms with E-state index < -0.39 is 5.66 Å². The van der Waals surface area contributed by atoms with Crippen LogP contribution in [-0.2, 0) is 12.2 Å². The Kier molecular flexibility index (Phi) is 4.08. The van der Waals surface area contributed by atoms with Gasteiger partial charge in [0.25, 0.3) is 17.4 Å². The Labute approximate surface area is 176 Å². The van der Waals surface area contributed by atoms with Crippen LogP contribution in [0, 0.1) is 6.92 Å². The topological polar surface area (TPSA) is 88.7 Å². The van der Waals surface area contributed by atoms with E-state index in [9.17, 15) is 14.4 Å². The second kappa shape index (κ2) is 6.56. The fourth-order valence-electron chi connectivity index (χ4n) is 4.42. The molecule has 3 aromatic rings. The molecule has 0 N–H and O–H groups in total. The van der Waals surface area contributed by atoms with Crippen LogP contribution in [0.15, 0.2) is 58.0 Å². The number of aromatic nitrogens is 2. The summed E-state index contributed by atoms with van der Waals surface area (Å²) in [6.07, 6.45) is 1.31. The minimum atomic E-state index is -1.17. The van der Waals surface area contributed by atoms with Crippen LogP contribution in [0.3, 0.4) is 0 Å². The lowest BCUT2D eigenvalue weighted by Gasteiger charge is -2.47. The zero-order valence-electron chi connectivity index (χ0n) is 16.0. The molecule has 1 atom stereocenters. The highest BCUT2D eigenvalue weighted by atomic mass is 35.5. The summed E-state index contributed by atoms with van der Waals surface area (Å²) in [4.78, 5) is 42.8. The summed E-state index contributed by atoms with van der Waals surface area (Å²) in [6, 6.07) is 11.6. The second-order valence-electron chi connectivity index (χ2n) is 7.39. The standard InChI is InChI=1S/C21H17ClN4O4/c1-13-16(11-30-23-13)19(28)25-9-10-26-20(29)17-3-2-4-18(27)24(17)12-21(25,26)14-5-7-15(22)8-6-14/h2-8,11H,9-10,12H2,1H3. The second-order valence-corrected chi connectivity index (χ2v) is 7.82. The summed E-state index contributed by atoms with van der Waals surface area (Å²) in [5.41, 5.74) is 0.326. The molecule has 5 rings (SSSR count). The number of carbonyl (C=O) groups is 2. The molecule has 1 aromatic carbocycles. The highest BCUT2D eigenvalue weighted by Crippen LogP contribution is 2.43. The van der Waals surface area contributed by atoms with E-state index in [1.165, 1.54) is 16.9 Å². The highest BCUT2D eigenvalue weighted by Gasteiger charge is 2.56. The Hall–Kier alpha value is -3.39. The molecule has 1 unspecified atom stereocenters. The van der Waals surface area contributed by atoms with Crippen LogP contribution in [0.1, 0.15) is 32.1 Å². The third-order valence-corrected chi connectivity index (χ3v) is 6.12. The lowest BCUT2D eigenvalue weighted by atomic mass is 9.93. The monoisotopic (exact) mass is 424 g/mol. The van der Waals surface area contributed by atoms with Gasteiger partial charge in [-0.2, -0.15) is 0 Å². The molecule has 152 valence electrons. The summed E-state index contributed by atoms with van der Waals surface area (Å²) in [5, 5.41) is 4.34. The Morgan fingerprint density at radius 3 is 2.60 bits per heavy atom. The highest BCUT2D eigenvalue weighted by molar-refractivity contribution is 6.30. The molecule has 9 heteroatoms. The normalized spacial score (nSPS) is 20.3. The SMILES string of the molecule is Cc1nocc1C(=O)N1CCN2C(=O)c3cccc(=O)n3CC12c1ccc(Cl)cc1. The molecule has 0 saturated carbocycles. The van der Waals surface area contributed by atoms with Crippen LogP contribution in [0.5, 0.6) is 0 Å². The minimum absolute atomic E-state index is 0.117. The number of amides is 2. The van der Waals surface area contributed by atoms with Gasteiger partial charge in [-0.05, 0) is 25.1 Å². The van der Waals surface area contributed by atoms with Crippen LogP contribution < -0.4 is 5.56 Å². The van der Waals surface area contributed by atoms with Gasteiger partial charge in [0.05, 0.1) is 12.2 Å². The predicted octanol–water partition coefficient (Wildman–Crippen LogP) is 2.26. The van der Waals surface area contributed by atoms with E-state index in [-0.39, 0.29) is 23.9 Å². The molecule has 30 heavy (non-hydrogen) atoms. The Bertz CT molecular complexity index is 1230. The van der Waals surface area contributed by atoms with Gasteiger partial charge in [-0.1, -0.05) is 35.0 Å². The van der Waals surface area contributed by atoms with Crippen molar-refractivity contribution in [2.45, 2.75) is 19.1 Å². The molecule has 1 saturated heterocycles. The predicted molar refractivity (Wildman–Crippen MR) is 107 cm³/mol. The van der Waals surface area contributed by atoms with E-state index in [4.69, 9.17) is 16.1 Å². The summed E-state index contributed by atoms with van der Waals surface area (Å²) >= 11 is 6.09. The smallest absolute Gasteiger partial charge is 0.272 e. The molecule has 0 aliphatic carbocycles. The molecule has 0 spiro atoms. The van der Waals surface area contributed by atoms with Crippen molar-refractivity contribution >= 4 is 23.4 Å². The van der Waals surface area contributed by atoms with E-state index >= 15 is 0 Å². The van der Waals surface area contributed by atoms with Gasteiger partial charge in [-0.25, -0.2) is 0 Å². The number of aryl methyl sites for hydroxylation is 1. The molecule has 2 aromatic heterocycles. The number of hydrogen-bond acceptors (Lipinski definition) is 5. The summed E-state index contributed by atoms with van der Waals surface area (Å²) in [5.74, 6) is -0.613. The zero-order valence-corrected chi connectivity index (χ0v) is 16.8. The van der Waals surface area contributed by atoms with Crippen molar-refractivity contribution in [1.29, 1.82) is 0 Å². The summed E-state index contributed by atoms with van der Waals surface area (Å²) in [7, 11) is 0. The van der Waals surface area contributed by atoms with E-state index in [1.807, 2.05) is 0 Å². The summed E-state index contributed by atoms with van der Waals surface area (Å²) < 4.78 is 6.39. The van der Waals surface area contributed by atoms with Crippen LogP contribution in [0.25, 0.3) is 0 Å². The maximum atomic E-state index is 13.5. The fourth-order valence-corrected chi connectivity index (χ4v) is 4.54. The van der Waals surface area contributed by atoms with Crippen molar-refractivity contribution in [3.05, 3.63) is 86.6 Å². The first-order chi connectivity index (χ1) is 14.4. The maximum absolute atomic E-state index is 13.5. The van der Waals surface area contributed by atoms with Crippen LogP contribution in [0.4, 0.5) is 0 Å². The van der Waals surface area contributed by atoms with Gasteiger partial charge in [0, 0.05) is 29.7 Å². The number of hydrogen-bond donors (Lipinski definition) is 0. The summed E-state index contributed by atoms with van der Waals surface area (Å²) in [6.45, 7) is 2.44. The van der Waals surface area contributed by atoms with Crippen molar-refractivity contribution in [1.82, 2.24) is 19.5 Å². The Balaban J connectivity index is 1.74. The van der Waals surface area contributed by atoms with Crippen molar-refractivity contribution in [2.24, 2.45) is 0 Å². The first-order valence-electron chi connectivity index (χ1n) is 9.44. The van der Waals surface area contributed by atoms with Crippen LogP contribution in [0.2, 0.25) is 5.02 Å². The molecular weight excluding hydrogens is 408 g/mol. The van der Waals surface area contributed by atoms with Gasteiger partial charge >= 0.3 is 0 Å². The number of benzene rings is 1. The quantitative estimate of drug-likeness (QED) is 0.629. The number of rotatable bonds is 2. The molecule has 0 bridgehead atoms. The molecule has 2 amide bonds. The molecule has 2 aliphatic heterocycles. The first-order valence-corrected chi connectivity index (χ1v) is 9.82. The molecule has 0 radical (unpaired) electrons. The number of fused-ring (bicyclic) bond motifs is 2. The molecular formula is C21H17ClN4O4. The van der Waals surface area contributed by atoms with Crippen molar-refractivity contribution < 1.29 is 14.1 Å². The third kappa shape index (κ3) is 2.46. The average Bonchev–Trinajstić information content (AvgIpc) is 3.33. The van der Waals surface area contributed by atoms with Gasteiger partial charge in [-0.15, -0.1) is 0 Å². The average molecular weight is 425 g/mol. The minimum Gasteiger partial charge on any atom is -0.364 e. The van der Waals surface area contributed by atoms with Crippen molar-refractivity contribution in [3.8, 4) is 0 Å². The molecule has 1 fully saturated rings. The third-order valence-electron chi connectivity index (χ3n) is 5.86. The van der Waals surface area contributed by atoms with Crippen LogP contribution >= 0.6 is 11.6 Å². The van der Waals surface area contributed by atoms with E-state index in [2.05, 4.69) is 5.16 Å². The Morgan fingerprint density at radius 1 is 1.13 bits per heavy atom. The Morgan fingerprint density at radius 2 is 1.90 bits per heavy atom. The fraction of sp³-hybridized carbons (Fsp3) is 0.238. The number of halogens is 1. The van der Waals surface area contributed by atoms with E-state index in [0.29, 0.717) is 40.6 Å². The van der Waals surface area contributed by atoms with Gasteiger partial charge in [0.2, 0.25) is 0 Å². The van der Waals surface area contributed by atoms with Crippen LogP contribution in [-0.4, -0.2) is 44.4 Å². The molecule has 4 heterocycles. The lowest BCUT2D eigenvalue weighted by molar-refractivity contribution is -0.00702. The van der Waals surface area contributed by atoms with E-state index in [0.717, 1.165) is 0 Å². The molecule has 2 aliphatic rings. The van der Waals surface area contributed by atoms with Crippen molar-refractivity contribution in [2.75, 3.05) is 13.1 Å². The van der Waals surface area contributed by atoms with Gasteiger partial charge in [0.15, 0.2) is 5.66 Å². The van der Waals surface area contributed by atoms with Crippen molar-refractivity contribution in [3.63, 3.8) is 0 Å².